The molecule has 0 saturated carbocycles. The van der Waals surface area contributed by atoms with Crippen molar-refractivity contribution in [1.29, 1.82) is 0 Å². The van der Waals surface area contributed by atoms with Gasteiger partial charge in [-0.05, 0) is 50.2 Å². The van der Waals surface area contributed by atoms with Gasteiger partial charge in [0.1, 0.15) is 5.82 Å². The van der Waals surface area contributed by atoms with E-state index in [0.717, 1.165) is 32.4 Å². The van der Waals surface area contributed by atoms with Gasteiger partial charge in [-0.2, -0.15) is 0 Å². The number of nitrogens with one attached hydrogen (secondary N) is 1. The fraction of sp³-hybridized carbons (Fsp3) is 0.150. The Hall–Kier alpha value is -2.55. The minimum absolute atomic E-state index is 0.196. The first-order valence-corrected chi connectivity index (χ1v) is 10.9. The zero-order chi connectivity index (χ0) is 19.9. The van der Waals surface area contributed by atoms with Crippen molar-refractivity contribution in [3.05, 3.63) is 76.7 Å². The van der Waals surface area contributed by atoms with Crippen LogP contribution in [0.15, 0.2) is 59.6 Å². The highest BCUT2D eigenvalue weighted by atomic mass is 32.2. The zero-order valence-corrected chi connectivity index (χ0v) is 16.9. The van der Waals surface area contributed by atoms with Crippen molar-refractivity contribution in [2.45, 2.75) is 25.3 Å². The predicted molar refractivity (Wildman–Crippen MR) is 108 cm³/mol. The summed E-state index contributed by atoms with van der Waals surface area (Å²) in [6, 6.07) is 12.9. The van der Waals surface area contributed by atoms with E-state index in [9.17, 15) is 12.8 Å². The molecule has 8 heteroatoms. The van der Waals surface area contributed by atoms with Gasteiger partial charge in [0.15, 0.2) is 4.96 Å². The van der Waals surface area contributed by atoms with Gasteiger partial charge in [-0.25, -0.2) is 22.5 Å². The number of thiazole rings is 1. The second-order valence-corrected chi connectivity index (χ2v) is 9.36. The maximum atomic E-state index is 13.1. The van der Waals surface area contributed by atoms with Crippen LogP contribution < -0.4 is 4.72 Å². The van der Waals surface area contributed by atoms with Crippen LogP contribution in [0.2, 0.25) is 0 Å². The largest absolute Gasteiger partial charge is 0.294 e. The van der Waals surface area contributed by atoms with Crippen LogP contribution in [0, 0.1) is 19.7 Å². The topological polar surface area (TPSA) is 63.5 Å². The summed E-state index contributed by atoms with van der Waals surface area (Å²) in [7, 11) is -3.58. The maximum Gasteiger partial charge on any atom is 0.240 e. The summed E-state index contributed by atoms with van der Waals surface area (Å²) < 4.78 is 42.7. The van der Waals surface area contributed by atoms with Gasteiger partial charge in [-0.15, -0.1) is 0 Å². The lowest BCUT2D eigenvalue weighted by molar-refractivity contribution is 0.581. The fourth-order valence-electron chi connectivity index (χ4n) is 2.88. The number of halogens is 1. The quantitative estimate of drug-likeness (QED) is 0.529. The average molecular weight is 416 g/mol. The SMILES string of the molecule is Cc1ccc(S(=O)(=O)NCc2sc3nc(-c4ccc(F)cc4)cn3c2C)cc1. The van der Waals surface area contributed by atoms with E-state index in [4.69, 9.17) is 0 Å². The average Bonchev–Trinajstić information content (AvgIpc) is 3.21. The van der Waals surface area contributed by atoms with Gasteiger partial charge in [0.25, 0.3) is 0 Å². The molecular weight excluding hydrogens is 397 g/mol. The molecule has 0 saturated heterocycles. The highest BCUT2D eigenvalue weighted by molar-refractivity contribution is 7.89. The molecule has 0 aliphatic carbocycles. The number of nitrogens with zero attached hydrogens (tertiary/aromatic N) is 2. The molecule has 0 atom stereocenters. The van der Waals surface area contributed by atoms with Gasteiger partial charge in [0.05, 0.1) is 10.6 Å². The van der Waals surface area contributed by atoms with Crippen molar-refractivity contribution in [3.8, 4) is 11.3 Å². The summed E-state index contributed by atoms with van der Waals surface area (Å²) >= 11 is 1.43. The molecule has 2 aromatic carbocycles. The number of sulfonamides is 1. The van der Waals surface area contributed by atoms with E-state index in [1.807, 2.05) is 24.4 Å². The summed E-state index contributed by atoms with van der Waals surface area (Å²) in [5.41, 5.74) is 3.51. The molecule has 0 unspecified atom stereocenters. The van der Waals surface area contributed by atoms with Crippen LogP contribution in [-0.4, -0.2) is 17.8 Å². The van der Waals surface area contributed by atoms with Crippen LogP contribution in [-0.2, 0) is 16.6 Å². The second-order valence-electron chi connectivity index (χ2n) is 6.53. The highest BCUT2D eigenvalue weighted by Crippen LogP contribution is 2.27. The number of hydrogen-bond acceptors (Lipinski definition) is 4. The fourth-order valence-corrected chi connectivity index (χ4v) is 5.01. The molecule has 0 aliphatic heterocycles. The Morgan fingerprint density at radius 2 is 1.75 bits per heavy atom. The molecule has 0 amide bonds. The van der Waals surface area contributed by atoms with E-state index in [2.05, 4.69) is 9.71 Å². The number of aryl methyl sites for hydroxylation is 2. The minimum Gasteiger partial charge on any atom is -0.294 e. The molecule has 28 heavy (non-hydrogen) atoms. The molecule has 2 heterocycles. The first kappa shape index (κ1) is 18.8. The molecule has 0 aliphatic rings. The van der Waals surface area contributed by atoms with E-state index in [-0.39, 0.29) is 17.3 Å². The van der Waals surface area contributed by atoms with Crippen LogP contribution >= 0.6 is 11.3 Å². The smallest absolute Gasteiger partial charge is 0.240 e. The van der Waals surface area contributed by atoms with Crippen molar-refractivity contribution in [3.63, 3.8) is 0 Å². The lowest BCUT2D eigenvalue weighted by atomic mass is 10.2. The summed E-state index contributed by atoms with van der Waals surface area (Å²) in [4.78, 5) is 6.49. The van der Waals surface area contributed by atoms with Crippen molar-refractivity contribution in [1.82, 2.24) is 14.1 Å². The molecule has 4 rings (SSSR count). The Kier molecular flexibility index (Phi) is 4.78. The molecule has 0 bridgehead atoms. The molecule has 0 radical (unpaired) electrons. The summed E-state index contributed by atoms with van der Waals surface area (Å²) in [6.07, 6.45) is 1.88. The molecule has 0 spiro atoms. The Bertz CT molecular complexity index is 1240. The number of aromatic nitrogens is 2. The molecule has 144 valence electrons. The van der Waals surface area contributed by atoms with Gasteiger partial charge in [-0.1, -0.05) is 29.0 Å². The lowest BCUT2D eigenvalue weighted by Crippen LogP contribution is -2.23. The molecule has 0 fully saturated rings. The number of rotatable bonds is 5. The summed E-state index contributed by atoms with van der Waals surface area (Å²) in [5, 5.41) is 0. The Morgan fingerprint density at radius 1 is 1.07 bits per heavy atom. The van der Waals surface area contributed by atoms with E-state index >= 15 is 0 Å². The number of benzene rings is 2. The third-order valence-corrected chi connectivity index (χ3v) is 7.12. The first-order valence-electron chi connectivity index (χ1n) is 8.63. The Balaban J connectivity index is 1.56. The summed E-state index contributed by atoms with van der Waals surface area (Å²) in [5.74, 6) is -0.288. The van der Waals surface area contributed by atoms with Crippen molar-refractivity contribution < 1.29 is 12.8 Å². The molecule has 1 N–H and O–H groups in total. The summed E-state index contributed by atoms with van der Waals surface area (Å²) in [6.45, 7) is 4.03. The molecule has 2 aromatic heterocycles. The van der Waals surface area contributed by atoms with E-state index < -0.39 is 10.0 Å². The van der Waals surface area contributed by atoms with Crippen LogP contribution in [0.25, 0.3) is 16.2 Å². The predicted octanol–water partition coefficient (Wildman–Crippen LogP) is 4.30. The van der Waals surface area contributed by atoms with Gasteiger partial charge in [-0.3, -0.25) is 4.40 Å². The van der Waals surface area contributed by atoms with E-state index in [1.165, 1.54) is 23.5 Å². The number of hydrogen-bond donors (Lipinski definition) is 1. The highest BCUT2D eigenvalue weighted by Gasteiger charge is 2.17. The molecule has 4 aromatic rings. The van der Waals surface area contributed by atoms with Crippen molar-refractivity contribution in [2.75, 3.05) is 0 Å². The van der Waals surface area contributed by atoms with E-state index in [0.29, 0.717) is 0 Å². The van der Waals surface area contributed by atoms with E-state index in [1.54, 1.807) is 36.4 Å². The van der Waals surface area contributed by atoms with Gasteiger partial charge in [0.2, 0.25) is 10.0 Å². The standard InChI is InChI=1S/C20H18FN3O2S2/c1-13-3-9-17(10-4-13)28(25,26)22-11-19-14(2)24-12-18(23-20(24)27-19)15-5-7-16(21)8-6-15/h3-10,12,22H,11H2,1-2H3. The Labute approximate surface area is 166 Å². The Morgan fingerprint density at radius 3 is 2.39 bits per heavy atom. The van der Waals surface area contributed by atoms with Gasteiger partial charge < -0.3 is 0 Å². The lowest BCUT2D eigenvalue weighted by Gasteiger charge is -2.06. The van der Waals surface area contributed by atoms with Crippen molar-refractivity contribution in [2.24, 2.45) is 0 Å². The molecular formula is C20H18FN3O2S2. The molecule has 5 nitrogen and oxygen atoms in total. The monoisotopic (exact) mass is 415 g/mol. The minimum atomic E-state index is -3.58. The van der Waals surface area contributed by atoms with Crippen LogP contribution in [0.4, 0.5) is 4.39 Å². The van der Waals surface area contributed by atoms with Gasteiger partial charge in [0, 0.05) is 28.9 Å². The zero-order valence-electron chi connectivity index (χ0n) is 15.3. The first-order chi connectivity index (χ1) is 13.3. The number of imidazole rings is 1. The van der Waals surface area contributed by atoms with Crippen LogP contribution in [0.3, 0.4) is 0 Å². The third kappa shape index (κ3) is 3.58. The van der Waals surface area contributed by atoms with Crippen molar-refractivity contribution >= 4 is 26.3 Å². The van der Waals surface area contributed by atoms with Crippen LogP contribution in [0.1, 0.15) is 16.1 Å². The van der Waals surface area contributed by atoms with Gasteiger partial charge >= 0.3 is 0 Å². The number of fused-ring (bicyclic) bond motifs is 1. The second kappa shape index (κ2) is 7.12. The van der Waals surface area contributed by atoms with Crippen LogP contribution in [0.5, 0.6) is 0 Å². The third-order valence-electron chi connectivity index (χ3n) is 4.55. The normalized spacial score (nSPS) is 12.0. The maximum absolute atomic E-state index is 13.1.